The summed E-state index contributed by atoms with van der Waals surface area (Å²) in [6, 6.07) is 16.7. The molecule has 1 N–H and O–H groups in total. The predicted octanol–water partition coefficient (Wildman–Crippen LogP) is 5.40. The lowest BCUT2D eigenvalue weighted by molar-refractivity contribution is 0.0280. The van der Waals surface area contributed by atoms with Crippen molar-refractivity contribution in [3.63, 3.8) is 0 Å². The van der Waals surface area contributed by atoms with Gasteiger partial charge >= 0.3 is 0 Å². The maximum atomic E-state index is 13.1. The average Bonchev–Trinajstić information content (AvgIpc) is 3.41. The van der Waals surface area contributed by atoms with Gasteiger partial charge in [-0.25, -0.2) is 0 Å². The number of piperidine rings is 2. The summed E-state index contributed by atoms with van der Waals surface area (Å²) < 4.78 is 6.30. The molecule has 3 aromatic rings. The van der Waals surface area contributed by atoms with Crippen LogP contribution in [0, 0.1) is 5.41 Å². The van der Waals surface area contributed by atoms with Crippen LogP contribution in [-0.4, -0.2) is 52.5 Å². The lowest BCUT2D eigenvalue weighted by Gasteiger charge is -2.47. The summed E-state index contributed by atoms with van der Waals surface area (Å²) in [7, 11) is 0. The van der Waals surface area contributed by atoms with Gasteiger partial charge in [-0.05, 0) is 75.7 Å². The number of benzene rings is 2. The zero-order chi connectivity index (χ0) is 23.3. The molecule has 6 rings (SSSR count). The highest BCUT2D eigenvalue weighted by Gasteiger charge is 2.39. The quantitative estimate of drug-likeness (QED) is 0.573. The zero-order valence-electron chi connectivity index (χ0n) is 20.4. The van der Waals surface area contributed by atoms with Crippen molar-refractivity contribution in [3.8, 4) is 5.75 Å². The molecule has 0 aliphatic carbocycles. The fourth-order valence-electron chi connectivity index (χ4n) is 6.27. The number of hydrogen-bond donors (Lipinski definition) is 1. The van der Waals surface area contributed by atoms with Crippen LogP contribution in [0.3, 0.4) is 0 Å². The van der Waals surface area contributed by atoms with Crippen LogP contribution >= 0.6 is 0 Å². The Labute approximate surface area is 202 Å². The summed E-state index contributed by atoms with van der Waals surface area (Å²) >= 11 is 0. The van der Waals surface area contributed by atoms with E-state index in [9.17, 15) is 4.79 Å². The first-order valence-corrected chi connectivity index (χ1v) is 12.8. The third-order valence-electron chi connectivity index (χ3n) is 8.36. The van der Waals surface area contributed by atoms with Gasteiger partial charge in [-0.15, -0.1) is 0 Å². The number of likely N-dealkylation sites (tertiary alicyclic amines) is 2. The molecule has 0 bridgehead atoms. The lowest BCUT2D eigenvalue weighted by Crippen LogP contribution is -2.48. The smallest absolute Gasteiger partial charge is 0.270 e. The number of H-pyrrole nitrogens is 1. The van der Waals surface area contributed by atoms with E-state index in [0.29, 0.717) is 11.1 Å². The topological polar surface area (TPSA) is 48.6 Å². The summed E-state index contributed by atoms with van der Waals surface area (Å²) in [5.41, 5.74) is 4.73. The summed E-state index contributed by atoms with van der Waals surface area (Å²) in [5.74, 6) is 1.26. The third kappa shape index (κ3) is 4.00. The van der Waals surface area contributed by atoms with Gasteiger partial charge in [-0.2, -0.15) is 0 Å². The highest BCUT2D eigenvalue weighted by Crippen LogP contribution is 2.43. The molecular weight excluding hydrogens is 422 g/mol. The maximum absolute atomic E-state index is 13.1. The maximum Gasteiger partial charge on any atom is 0.270 e. The van der Waals surface area contributed by atoms with E-state index in [2.05, 4.69) is 52.9 Å². The molecule has 0 atom stereocenters. The largest absolute Gasteiger partial charge is 0.487 e. The molecule has 0 saturated carbocycles. The number of nitrogens with one attached hydrogen (secondary N) is 1. The van der Waals surface area contributed by atoms with Crippen LogP contribution in [0.25, 0.3) is 10.9 Å². The van der Waals surface area contributed by atoms with E-state index < -0.39 is 0 Å². The summed E-state index contributed by atoms with van der Waals surface area (Å²) in [6.07, 6.45) is 5.67. The van der Waals surface area contributed by atoms with Gasteiger partial charge in [-0.3, -0.25) is 9.69 Å². The molecule has 34 heavy (non-hydrogen) atoms. The third-order valence-corrected chi connectivity index (χ3v) is 8.36. The van der Waals surface area contributed by atoms with Gasteiger partial charge in [0, 0.05) is 42.5 Å². The van der Waals surface area contributed by atoms with E-state index in [1.165, 1.54) is 24.0 Å². The average molecular weight is 458 g/mol. The van der Waals surface area contributed by atoms with Crippen LogP contribution < -0.4 is 4.74 Å². The highest BCUT2D eigenvalue weighted by molar-refractivity contribution is 5.98. The SMILES string of the molecule is CC1(C)Cc2cccc(CN3CCC4(CC3)CCN(C(=O)c3cc5ccccc5[nH]3)CC4)c2O1. The second-order valence-electron chi connectivity index (χ2n) is 11.3. The molecule has 2 fully saturated rings. The van der Waals surface area contributed by atoms with Crippen LogP contribution in [0.5, 0.6) is 5.75 Å². The van der Waals surface area contributed by atoms with Crippen LogP contribution in [0.1, 0.15) is 61.1 Å². The van der Waals surface area contributed by atoms with Crippen molar-refractivity contribution in [2.45, 2.75) is 58.1 Å². The lowest BCUT2D eigenvalue weighted by atomic mass is 9.71. The first kappa shape index (κ1) is 21.7. The molecule has 3 aliphatic rings. The Hall–Kier alpha value is -2.79. The molecule has 4 heterocycles. The molecule has 2 aromatic carbocycles. The van der Waals surface area contributed by atoms with Gasteiger partial charge in [0.15, 0.2) is 0 Å². The summed E-state index contributed by atoms with van der Waals surface area (Å²) in [4.78, 5) is 21.1. The van der Waals surface area contributed by atoms with Crippen molar-refractivity contribution in [1.82, 2.24) is 14.8 Å². The molecule has 0 radical (unpaired) electrons. The Bertz CT molecular complexity index is 1180. The first-order valence-electron chi connectivity index (χ1n) is 12.8. The zero-order valence-corrected chi connectivity index (χ0v) is 20.4. The minimum absolute atomic E-state index is 0.0946. The number of para-hydroxylation sites is 2. The van der Waals surface area contributed by atoms with Gasteiger partial charge in [-0.1, -0.05) is 36.4 Å². The van der Waals surface area contributed by atoms with Crippen molar-refractivity contribution < 1.29 is 9.53 Å². The monoisotopic (exact) mass is 457 g/mol. The second-order valence-corrected chi connectivity index (χ2v) is 11.3. The minimum Gasteiger partial charge on any atom is -0.487 e. The van der Waals surface area contributed by atoms with Gasteiger partial charge in [0.25, 0.3) is 5.91 Å². The molecule has 3 aliphatic heterocycles. The molecule has 0 unspecified atom stereocenters. The number of aromatic nitrogens is 1. The number of rotatable bonds is 3. The molecule has 178 valence electrons. The molecule has 1 spiro atoms. The standard InChI is InChI=1S/C29H35N3O2/c1-28(2)19-22-7-5-8-23(26(22)34-28)20-31-14-10-29(11-15-31)12-16-32(17-13-29)27(33)25-18-21-6-3-4-9-24(21)30-25/h3-9,18,30H,10-17,19-20H2,1-2H3. The van der Waals surface area contributed by atoms with Crippen LogP contribution in [-0.2, 0) is 13.0 Å². The number of aromatic amines is 1. The Balaban J connectivity index is 1.05. The molecule has 5 nitrogen and oxygen atoms in total. The number of hydrogen-bond acceptors (Lipinski definition) is 3. The van der Waals surface area contributed by atoms with Crippen molar-refractivity contribution in [2.75, 3.05) is 26.2 Å². The van der Waals surface area contributed by atoms with Crippen LogP contribution in [0.15, 0.2) is 48.5 Å². The van der Waals surface area contributed by atoms with Crippen molar-refractivity contribution >= 4 is 16.8 Å². The van der Waals surface area contributed by atoms with Crippen molar-refractivity contribution in [1.29, 1.82) is 0 Å². The van der Waals surface area contributed by atoms with E-state index in [-0.39, 0.29) is 11.5 Å². The van der Waals surface area contributed by atoms with E-state index in [1.807, 2.05) is 24.3 Å². The minimum atomic E-state index is -0.0946. The van der Waals surface area contributed by atoms with E-state index in [1.54, 1.807) is 0 Å². The van der Waals surface area contributed by atoms with Crippen molar-refractivity contribution in [3.05, 3.63) is 65.4 Å². The molecule has 1 aromatic heterocycles. The van der Waals surface area contributed by atoms with Crippen molar-refractivity contribution in [2.24, 2.45) is 5.41 Å². The van der Waals surface area contributed by atoms with Gasteiger partial charge < -0.3 is 14.6 Å². The number of nitrogens with zero attached hydrogens (tertiary/aromatic N) is 2. The predicted molar refractivity (Wildman–Crippen MR) is 135 cm³/mol. The number of amides is 1. The van der Waals surface area contributed by atoms with E-state index in [4.69, 9.17) is 4.74 Å². The number of carbonyl (C=O) groups excluding carboxylic acids is 1. The van der Waals surface area contributed by atoms with Crippen LogP contribution in [0.2, 0.25) is 0 Å². The fourth-order valence-corrected chi connectivity index (χ4v) is 6.27. The summed E-state index contributed by atoms with van der Waals surface area (Å²) in [5, 5.41) is 1.10. The Morgan fingerprint density at radius 1 is 0.971 bits per heavy atom. The highest BCUT2D eigenvalue weighted by atomic mass is 16.5. The Kier molecular flexibility index (Phi) is 5.21. The number of ether oxygens (including phenoxy) is 1. The molecule has 2 saturated heterocycles. The van der Waals surface area contributed by atoms with E-state index >= 15 is 0 Å². The second kappa shape index (κ2) is 8.16. The normalized spacial score (nSPS) is 21.5. The van der Waals surface area contributed by atoms with Crippen LogP contribution in [0.4, 0.5) is 0 Å². The number of carbonyl (C=O) groups is 1. The molecule has 5 heteroatoms. The van der Waals surface area contributed by atoms with Gasteiger partial charge in [0.05, 0.1) is 0 Å². The fraction of sp³-hybridized carbons (Fsp3) is 0.483. The summed E-state index contributed by atoms with van der Waals surface area (Å²) in [6.45, 7) is 9.31. The Morgan fingerprint density at radius 2 is 1.71 bits per heavy atom. The first-order chi connectivity index (χ1) is 16.4. The molecular formula is C29H35N3O2. The van der Waals surface area contributed by atoms with E-state index in [0.717, 1.165) is 68.6 Å². The Morgan fingerprint density at radius 3 is 2.47 bits per heavy atom. The number of fused-ring (bicyclic) bond motifs is 2. The van der Waals surface area contributed by atoms with Gasteiger partial charge in [0.2, 0.25) is 0 Å². The molecule has 1 amide bonds. The van der Waals surface area contributed by atoms with Gasteiger partial charge in [0.1, 0.15) is 17.0 Å².